The minimum Gasteiger partial charge on any atom is -0.432 e. The van der Waals surface area contributed by atoms with Gasteiger partial charge in [-0.2, -0.15) is 0 Å². The number of aromatic amines is 1. The summed E-state index contributed by atoms with van der Waals surface area (Å²) in [6, 6.07) is -1.15. The molecule has 0 saturated carbocycles. The van der Waals surface area contributed by atoms with Crippen LogP contribution in [0.15, 0.2) is 12.5 Å². The number of hydrogen-bond acceptors (Lipinski definition) is 10. The molecular formula is C16H23N5O6. The fourth-order valence-electron chi connectivity index (χ4n) is 2.99. The van der Waals surface area contributed by atoms with Gasteiger partial charge in [0.2, 0.25) is 0 Å². The highest BCUT2D eigenvalue weighted by molar-refractivity contribution is 5.87. The molecular weight excluding hydrogens is 358 g/mol. The first-order valence-electron chi connectivity index (χ1n) is 8.49. The van der Waals surface area contributed by atoms with Crippen LogP contribution in [0, 0.1) is 0 Å². The van der Waals surface area contributed by atoms with Gasteiger partial charge in [0, 0.05) is 11.8 Å². The lowest BCUT2D eigenvalue weighted by Gasteiger charge is -2.16. The third-order valence-corrected chi connectivity index (χ3v) is 4.24. The minimum absolute atomic E-state index is 0.0170. The van der Waals surface area contributed by atoms with Crippen LogP contribution >= 0.6 is 0 Å². The lowest BCUT2D eigenvalue weighted by Crippen LogP contribution is -2.37. The molecule has 4 atom stereocenters. The van der Waals surface area contributed by atoms with E-state index in [1.807, 2.05) is 0 Å². The van der Waals surface area contributed by atoms with Gasteiger partial charge in [0.1, 0.15) is 17.9 Å². The van der Waals surface area contributed by atoms with Gasteiger partial charge in [-0.15, -0.1) is 0 Å². The van der Waals surface area contributed by atoms with E-state index in [0.717, 1.165) is 0 Å². The second kappa shape index (κ2) is 8.05. The first kappa shape index (κ1) is 19.3. The molecule has 0 spiro atoms. The summed E-state index contributed by atoms with van der Waals surface area (Å²) in [5, 5.41) is 23.8. The number of nitrogens with two attached hydrogens (primary N) is 1. The summed E-state index contributed by atoms with van der Waals surface area (Å²) in [7, 11) is 0. The van der Waals surface area contributed by atoms with Crippen LogP contribution in [-0.2, 0) is 14.2 Å². The first-order chi connectivity index (χ1) is 12.9. The Morgan fingerprint density at radius 2 is 2.11 bits per heavy atom. The highest BCUT2D eigenvalue weighted by Crippen LogP contribution is 2.32. The van der Waals surface area contributed by atoms with Crippen molar-refractivity contribution in [3.63, 3.8) is 0 Å². The molecule has 1 saturated heterocycles. The summed E-state index contributed by atoms with van der Waals surface area (Å²) in [5.41, 5.74) is 7.59. The molecule has 148 valence electrons. The van der Waals surface area contributed by atoms with Gasteiger partial charge >= 0.3 is 6.16 Å². The number of nitrogen functional groups attached to an aromatic ring is 1. The van der Waals surface area contributed by atoms with Crippen molar-refractivity contribution in [1.29, 1.82) is 0 Å². The van der Waals surface area contributed by atoms with E-state index < -0.39 is 30.4 Å². The number of hydrogen-bond donors (Lipinski definition) is 5. The topological polar surface area (TPSA) is 165 Å². The molecule has 1 aliphatic heterocycles. The first-order valence-corrected chi connectivity index (χ1v) is 8.49. The maximum absolute atomic E-state index is 11.3. The maximum atomic E-state index is 11.3. The number of nitrogens with one attached hydrogen (secondary N) is 2. The smallest absolute Gasteiger partial charge is 0.432 e. The maximum Gasteiger partial charge on any atom is 0.510 e. The van der Waals surface area contributed by atoms with Crippen LogP contribution in [0.4, 0.5) is 10.6 Å². The van der Waals surface area contributed by atoms with Crippen LogP contribution < -0.4 is 11.1 Å². The van der Waals surface area contributed by atoms with Crippen LogP contribution in [-0.4, -0.2) is 69.1 Å². The van der Waals surface area contributed by atoms with E-state index in [9.17, 15) is 15.0 Å². The van der Waals surface area contributed by atoms with Crippen molar-refractivity contribution < 1.29 is 29.2 Å². The Labute approximate surface area is 154 Å². The average Bonchev–Trinajstić information content (AvgIpc) is 3.15. The van der Waals surface area contributed by atoms with E-state index in [2.05, 4.69) is 20.3 Å². The molecule has 0 bridgehead atoms. The molecule has 1 fully saturated rings. The van der Waals surface area contributed by atoms with E-state index >= 15 is 0 Å². The molecule has 0 unspecified atom stereocenters. The minimum atomic E-state index is -1.08. The van der Waals surface area contributed by atoms with Gasteiger partial charge in [0.25, 0.3) is 0 Å². The number of ether oxygens (including phenoxy) is 3. The number of aliphatic hydroxyl groups is 2. The quantitative estimate of drug-likeness (QED) is 0.257. The van der Waals surface area contributed by atoms with Crippen LogP contribution in [0.2, 0.25) is 0 Å². The molecule has 2 aromatic heterocycles. The normalized spacial score (nSPS) is 25.2. The molecule has 11 nitrogen and oxygen atoms in total. The molecule has 3 heterocycles. The third-order valence-electron chi connectivity index (χ3n) is 4.24. The van der Waals surface area contributed by atoms with E-state index in [0.29, 0.717) is 22.4 Å². The van der Waals surface area contributed by atoms with Crippen molar-refractivity contribution in [1.82, 2.24) is 20.3 Å². The highest BCUT2D eigenvalue weighted by atomic mass is 16.8. The van der Waals surface area contributed by atoms with E-state index in [1.165, 1.54) is 6.33 Å². The van der Waals surface area contributed by atoms with E-state index in [-0.39, 0.29) is 19.5 Å². The molecule has 1 aliphatic rings. The predicted molar refractivity (Wildman–Crippen MR) is 93.5 cm³/mol. The molecule has 2 aromatic rings. The third kappa shape index (κ3) is 4.11. The van der Waals surface area contributed by atoms with Crippen molar-refractivity contribution in [3.8, 4) is 0 Å². The number of nitrogens with zero attached hydrogens (tertiary/aromatic N) is 2. The Balaban J connectivity index is 1.59. The lowest BCUT2D eigenvalue weighted by molar-refractivity contribution is -0.0652. The summed E-state index contributed by atoms with van der Waals surface area (Å²) < 4.78 is 14.8. The Morgan fingerprint density at radius 1 is 1.33 bits per heavy atom. The van der Waals surface area contributed by atoms with Crippen molar-refractivity contribution in [2.75, 3.05) is 19.1 Å². The Kier molecular flexibility index (Phi) is 5.75. The van der Waals surface area contributed by atoms with Crippen LogP contribution in [0.25, 0.3) is 11.0 Å². The van der Waals surface area contributed by atoms with Gasteiger partial charge in [-0.3, -0.25) is 0 Å². The van der Waals surface area contributed by atoms with Crippen LogP contribution in [0.5, 0.6) is 0 Å². The summed E-state index contributed by atoms with van der Waals surface area (Å²) in [6.07, 6.45) is -0.291. The predicted octanol–water partition coefficient (Wildman–Crippen LogP) is -0.189. The number of aromatic nitrogens is 3. The molecule has 3 rings (SSSR count). The fraction of sp³-hybridized carbons (Fsp3) is 0.562. The molecule has 27 heavy (non-hydrogen) atoms. The average molecular weight is 381 g/mol. The second-order valence-electron chi connectivity index (χ2n) is 6.51. The Bertz CT molecular complexity index is 797. The number of H-pyrrole nitrogens is 1. The largest absolute Gasteiger partial charge is 0.510 e. The lowest BCUT2D eigenvalue weighted by atomic mass is 10.0. The number of fused-ring (bicyclic) bond motifs is 1. The highest BCUT2D eigenvalue weighted by Gasteiger charge is 2.43. The number of rotatable bonds is 6. The van der Waals surface area contributed by atoms with Gasteiger partial charge < -0.3 is 40.5 Å². The molecule has 6 N–H and O–H groups in total. The zero-order chi connectivity index (χ0) is 19.6. The molecule has 0 aliphatic carbocycles. The summed E-state index contributed by atoms with van der Waals surface area (Å²) >= 11 is 0. The summed E-state index contributed by atoms with van der Waals surface area (Å²) in [5.74, 6) is 0.296. The second-order valence-corrected chi connectivity index (χ2v) is 6.51. The number of carbonyl (C=O) groups excluding carboxylic acids is 1. The standard InChI is InChI=1S/C16H23N5O6/c1-7(2)27-16(24)26-6-25-4-9-13(22)14(23)11(21-9)8-3-18-12-10(8)19-5-20-15(12)17/h3,5,7,9,11,13-14,18,21-23H,4,6H2,1-2H3,(H2,17,19,20)/t9-,11+,13-,14+/m1/s1. The number of anilines is 1. The summed E-state index contributed by atoms with van der Waals surface area (Å²) in [6.45, 7) is 3.09. The van der Waals surface area contributed by atoms with Crippen LogP contribution in [0.1, 0.15) is 25.5 Å². The Hall–Kier alpha value is -2.47. The van der Waals surface area contributed by atoms with E-state index in [4.69, 9.17) is 19.9 Å². The van der Waals surface area contributed by atoms with Gasteiger partial charge in [0.15, 0.2) is 12.6 Å². The van der Waals surface area contributed by atoms with E-state index in [1.54, 1.807) is 20.0 Å². The summed E-state index contributed by atoms with van der Waals surface area (Å²) in [4.78, 5) is 22.3. The molecule has 11 heteroatoms. The monoisotopic (exact) mass is 381 g/mol. The van der Waals surface area contributed by atoms with Crippen molar-refractivity contribution in [2.45, 2.75) is 44.2 Å². The van der Waals surface area contributed by atoms with Crippen molar-refractivity contribution in [3.05, 3.63) is 18.1 Å². The molecule has 0 radical (unpaired) electrons. The van der Waals surface area contributed by atoms with Gasteiger partial charge in [0.05, 0.1) is 36.4 Å². The van der Waals surface area contributed by atoms with Gasteiger partial charge in [-0.05, 0) is 13.8 Å². The fourth-order valence-corrected chi connectivity index (χ4v) is 2.99. The molecule has 0 aromatic carbocycles. The van der Waals surface area contributed by atoms with Crippen LogP contribution in [0.3, 0.4) is 0 Å². The van der Waals surface area contributed by atoms with Gasteiger partial charge in [-0.25, -0.2) is 14.8 Å². The number of aliphatic hydroxyl groups excluding tert-OH is 2. The van der Waals surface area contributed by atoms with Gasteiger partial charge in [-0.1, -0.05) is 0 Å². The SMILES string of the molecule is CC(C)OC(=O)OCOC[C@H]1N[C@@H](c2c[nH]c3c(N)ncnc23)[C@H](O)[C@@H]1O. The zero-order valence-corrected chi connectivity index (χ0v) is 15.0. The molecule has 0 amide bonds. The van der Waals surface area contributed by atoms with Crippen molar-refractivity contribution >= 4 is 23.0 Å². The van der Waals surface area contributed by atoms with Crippen molar-refractivity contribution in [2.24, 2.45) is 0 Å². The number of carbonyl (C=O) groups is 1. The Morgan fingerprint density at radius 3 is 2.85 bits per heavy atom. The zero-order valence-electron chi connectivity index (χ0n) is 15.0.